The summed E-state index contributed by atoms with van der Waals surface area (Å²) in [7, 11) is 0. The van der Waals surface area contributed by atoms with Crippen LogP contribution in [0.5, 0.6) is 0 Å². The molecule has 0 aliphatic heterocycles. The first-order valence-corrected chi connectivity index (χ1v) is 7.31. The van der Waals surface area contributed by atoms with Crippen LogP contribution in [0.2, 0.25) is 0 Å². The van der Waals surface area contributed by atoms with Crippen molar-refractivity contribution in [2.75, 3.05) is 0 Å². The van der Waals surface area contributed by atoms with Crippen molar-refractivity contribution in [1.82, 2.24) is 10.2 Å². The Kier molecular flexibility index (Phi) is 4.64. The normalized spacial score (nSPS) is 22.9. The molecule has 96 valence electrons. The molecule has 0 unspecified atom stereocenters. The van der Waals surface area contributed by atoms with Crippen LogP contribution in [-0.4, -0.2) is 10.2 Å². The molecule has 2 heteroatoms. The van der Waals surface area contributed by atoms with E-state index in [0.29, 0.717) is 5.41 Å². The molecule has 2 nitrogen and oxygen atoms in total. The first-order chi connectivity index (χ1) is 8.31. The third-order valence-corrected chi connectivity index (χ3v) is 4.36. The summed E-state index contributed by atoms with van der Waals surface area (Å²) in [4.78, 5) is 0. The van der Waals surface area contributed by atoms with Crippen LogP contribution in [0, 0.1) is 0 Å². The van der Waals surface area contributed by atoms with Crippen LogP contribution < -0.4 is 0 Å². The molecule has 2 rings (SSSR count). The van der Waals surface area contributed by atoms with Crippen LogP contribution in [0.1, 0.15) is 76.8 Å². The Labute approximate surface area is 105 Å². The zero-order valence-electron chi connectivity index (χ0n) is 11.2. The summed E-state index contributed by atoms with van der Waals surface area (Å²) < 4.78 is 0. The van der Waals surface area contributed by atoms with Gasteiger partial charge in [0.05, 0.1) is 0 Å². The summed E-state index contributed by atoms with van der Waals surface area (Å²) in [5, 5.41) is 7.33. The molecule has 0 bridgehead atoms. The molecule has 1 fully saturated rings. The number of aromatic nitrogens is 2. The molecule has 1 aliphatic rings. The Morgan fingerprint density at radius 3 is 1.94 bits per heavy atom. The first-order valence-electron chi connectivity index (χ1n) is 7.31. The van der Waals surface area contributed by atoms with Gasteiger partial charge in [-0.05, 0) is 18.9 Å². The van der Waals surface area contributed by atoms with Gasteiger partial charge in [0, 0.05) is 17.3 Å². The highest BCUT2D eigenvalue weighted by Gasteiger charge is 2.27. The van der Waals surface area contributed by atoms with Crippen molar-refractivity contribution in [3.05, 3.63) is 18.0 Å². The zero-order chi connectivity index (χ0) is 12.0. The fourth-order valence-corrected chi connectivity index (χ4v) is 3.08. The van der Waals surface area contributed by atoms with Gasteiger partial charge in [-0.25, -0.2) is 0 Å². The summed E-state index contributed by atoms with van der Waals surface area (Å²) in [6, 6.07) is 2.17. The molecule has 0 saturated heterocycles. The van der Waals surface area contributed by atoms with E-state index in [1.807, 2.05) is 6.20 Å². The quantitative estimate of drug-likeness (QED) is 0.757. The van der Waals surface area contributed by atoms with E-state index >= 15 is 0 Å². The molecule has 1 aromatic heterocycles. The van der Waals surface area contributed by atoms with E-state index in [1.54, 1.807) is 0 Å². The number of hydrogen-bond acceptors (Lipinski definition) is 1. The Morgan fingerprint density at radius 1 is 0.941 bits per heavy atom. The number of nitrogens with zero attached hydrogens (tertiary/aromatic N) is 1. The van der Waals surface area contributed by atoms with Crippen LogP contribution in [-0.2, 0) is 5.41 Å². The predicted molar refractivity (Wildman–Crippen MR) is 72.1 cm³/mol. The number of H-pyrrole nitrogens is 1. The Balaban J connectivity index is 2.01. The second-order valence-electron chi connectivity index (χ2n) is 5.86. The summed E-state index contributed by atoms with van der Waals surface area (Å²) >= 11 is 0. The van der Waals surface area contributed by atoms with Crippen molar-refractivity contribution in [3.63, 3.8) is 0 Å². The van der Waals surface area contributed by atoms with E-state index in [2.05, 4.69) is 23.2 Å². The van der Waals surface area contributed by atoms with Crippen molar-refractivity contribution >= 4 is 0 Å². The maximum Gasteiger partial charge on any atom is 0.0490 e. The lowest BCUT2D eigenvalue weighted by Gasteiger charge is -2.28. The Hall–Kier alpha value is -0.790. The van der Waals surface area contributed by atoms with Gasteiger partial charge in [0.25, 0.3) is 0 Å². The lowest BCUT2D eigenvalue weighted by atomic mass is 9.77. The minimum Gasteiger partial charge on any atom is -0.282 e. The fourth-order valence-electron chi connectivity index (χ4n) is 3.08. The second kappa shape index (κ2) is 6.23. The smallest absolute Gasteiger partial charge is 0.0490 e. The summed E-state index contributed by atoms with van der Waals surface area (Å²) in [5.74, 6) is 0. The molecule has 1 aromatic rings. The van der Waals surface area contributed by atoms with Gasteiger partial charge < -0.3 is 0 Å². The fraction of sp³-hybridized carbons (Fsp3) is 0.800. The monoisotopic (exact) mass is 234 g/mol. The van der Waals surface area contributed by atoms with Crippen molar-refractivity contribution < 1.29 is 0 Å². The Morgan fingerprint density at radius 2 is 1.47 bits per heavy atom. The van der Waals surface area contributed by atoms with E-state index < -0.39 is 0 Å². The molecule has 0 spiro atoms. The van der Waals surface area contributed by atoms with Crippen molar-refractivity contribution in [2.24, 2.45) is 0 Å². The minimum atomic E-state index is 0.334. The summed E-state index contributed by atoms with van der Waals surface area (Å²) in [6.45, 7) is 2.42. The second-order valence-corrected chi connectivity index (χ2v) is 5.86. The van der Waals surface area contributed by atoms with Gasteiger partial charge in [-0.1, -0.05) is 58.3 Å². The lowest BCUT2D eigenvalue weighted by Crippen LogP contribution is -2.22. The number of aromatic amines is 1. The zero-order valence-corrected chi connectivity index (χ0v) is 11.2. The molecule has 1 N–H and O–H groups in total. The summed E-state index contributed by atoms with van der Waals surface area (Å²) in [5.41, 5.74) is 1.68. The molecule has 0 radical (unpaired) electrons. The third-order valence-electron chi connectivity index (χ3n) is 4.36. The molecule has 1 aliphatic carbocycles. The van der Waals surface area contributed by atoms with Crippen LogP contribution in [0.4, 0.5) is 0 Å². The minimum absolute atomic E-state index is 0.334. The van der Waals surface area contributed by atoms with Gasteiger partial charge in [0.15, 0.2) is 0 Å². The highest BCUT2D eigenvalue weighted by atomic mass is 15.1. The number of rotatable bonds is 1. The van der Waals surface area contributed by atoms with Crippen LogP contribution in [0.3, 0.4) is 0 Å². The van der Waals surface area contributed by atoms with Crippen LogP contribution >= 0.6 is 0 Å². The molecular formula is C15H26N2. The van der Waals surface area contributed by atoms with Gasteiger partial charge in [-0.3, -0.25) is 5.10 Å². The third kappa shape index (κ3) is 3.58. The average Bonchev–Trinajstić information content (AvgIpc) is 2.84. The van der Waals surface area contributed by atoms with E-state index in [4.69, 9.17) is 0 Å². The summed E-state index contributed by atoms with van der Waals surface area (Å²) in [6.07, 6.45) is 15.8. The van der Waals surface area contributed by atoms with Gasteiger partial charge in [-0.2, -0.15) is 5.10 Å². The highest BCUT2D eigenvalue weighted by Crippen LogP contribution is 2.34. The molecular weight excluding hydrogens is 208 g/mol. The van der Waals surface area contributed by atoms with Gasteiger partial charge in [-0.15, -0.1) is 0 Å². The molecule has 0 aromatic carbocycles. The van der Waals surface area contributed by atoms with Crippen molar-refractivity contribution in [2.45, 2.75) is 76.5 Å². The van der Waals surface area contributed by atoms with Crippen molar-refractivity contribution in [3.8, 4) is 0 Å². The largest absolute Gasteiger partial charge is 0.282 e. The highest BCUT2D eigenvalue weighted by molar-refractivity contribution is 5.13. The van der Waals surface area contributed by atoms with Crippen LogP contribution in [0.25, 0.3) is 0 Å². The molecule has 0 amide bonds. The molecule has 1 saturated carbocycles. The number of nitrogens with one attached hydrogen (secondary N) is 1. The molecule has 0 atom stereocenters. The van der Waals surface area contributed by atoms with E-state index in [9.17, 15) is 0 Å². The first kappa shape index (κ1) is 12.7. The van der Waals surface area contributed by atoms with Crippen LogP contribution in [0.15, 0.2) is 12.3 Å². The van der Waals surface area contributed by atoms with Gasteiger partial charge >= 0.3 is 0 Å². The van der Waals surface area contributed by atoms with Crippen molar-refractivity contribution in [1.29, 1.82) is 0 Å². The van der Waals surface area contributed by atoms with E-state index in [0.717, 1.165) is 0 Å². The standard InChI is InChI=1S/C15H26N2/c1-15(14-10-13-16-17-14)11-8-6-4-2-3-5-7-9-12-15/h10,13H,2-9,11-12H2,1H3,(H,16,17). The average molecular weight is 234 g/mol. The molecule has 1 heterocycles. The van der Waals surface area contributed by atoms with E-state index in [1.165, 1.54) is 69.9 Å². The number of hydrogen-bond donors (Lipinski definition) is 1. The van der Waals surface area contributed by atoms with Gasteiger partial charge in [0.1, 0.15) is 0 Å². The molecule has 17 heavy (non-hydrogen) atoms. The maximum atomic E-state index is 4.13. The van der Waals surface area contributed by atoms with E-state index in [-0.39, 0.29) is 0 Å². The van der Waals surface area contributed by atoms with Gasteiger partial charge in [0.2, 0.25) is 0 Å². The SMILES string of the molecule is CC1(c2ccn[nH]2)CCCCCCCCCC1. The maximum absolute atomic E-state index is 4.13. The lowest BCUT2D eigenvalue weighted by molar-refractivity contribution is 0.360. The predicted octanol–water partition coefficient (Wildman–Crippen LogP) is 4.58. The Bertz CT molecular complexity index is 291. The topological polar surface area (TPSA) is 28.7 Å².